The van der Waals surface area contributed by atoms with Crippen molar-refractivity contribution in [2.75, 3.05) is 20.3 Å². The van der Waals surface area contributed by atoms with Gasteiger partial charge in [0.25, 0.3) is 11.8 Å². The van der Waals surface area contributed by atoms with Gasteiger partial charge in [-0.05, 0) is 36.1 Å². The summed E-state index contributed by atoms with van der Waals surface area (Å²) in [5.41, 5.74) is 0.215. The van der Waals surface area contributed by atoms with Crippen LogP contribution >= 0.6 is 11.3 Å². The summed E-state index contributed by atoms with van der Waals surface area (Å²) in [6.45, 7) is 2.05. The van der Waals surface area contributed by atoms with Gasteiger partial charge in [-0.3, -0.25) is 14.9 Å². The first kappa shape index (κ1) is 20.4. The smallest absolute Gasteiger partial charge is 0.338 e. The van der Waals surface area contributed by atoms with Gasteiger partial charge in [-0.25, -0.2) is 4.79 Å². The van der Waals surface area contributed by atoms with Gasteiger partial charge in [-0.2, -0.15) is 0 Å². The van der Waals surface area contributed by atoms with E-state index in [4.69, 9.17) is 14.2 Å². The highest BCUT2D eigenvalue weighted by molar-refractivity contribution is 7.12. The van der Waals surface area contributed by atoms with Crippen LogP contribution in [0.5, 0.6) is 11.5 Å². The summed E-state index contributed by atoms with van der Waals surface area (Å²) >= 11 is 1.21. The highest BCUT2D eigenvalue weighted by atomic mass is 32.1. The summed E-state index contributed by atoms with van der Waals surface area (Å²) in [5, 5.41) is 3.88. The Labute approximate surface area is 161 Å². The van der Waals surface area contributed by atoms with Gasteiger partial charge in [0, 0.05) is 0 Å². The standard InChI is InChI=1S/C19H21NO6S/c1-3-4-9-25-14-8-7-13(11-15(14)24-2)19(23)26-12-17(21)20-18(22)16-6-5-10-27-16/h5-8,10-11H,3-4,9,12H2,1-2H3,(H,20,21,22). The molecular formula is C19H21NO6S. The minimum Gasteiger partial charge on any atom is -0.493 e. The highest BCUT2D eigenvalue weighted by Crippen LogP contribution is 2.28. The number of carbonyl (C=O) groups excluding carboxylic acids is 3. The molecule has 0 aliphatic carbocycles. The number of methoxy groups -OCH3 is 1. The van der Waals surface area contributed by atoms with E-state index in [1.807, 2.05) is 0 Å². The Bertz CT molecular complexity index is 788. The van der Waals surface area contributed by atoms with E-state index in [9.17, 15) is 14.4 Å². The van der Waals surface area contributed by atoms with E-state index in [-0.39, 0.29) is 5.56 Å². The minimum atomic E-state index is -0.702. The summed E-state index contributed by atoms with van der Waals surface area (Å²) in [6, 6.07) is 7.92. The molecule has 0 saturated carbocycles. The first-order chi connectivity index (χ1) is 13.0. The fourth-order valence-corrected chi connectivity index (χ4v) is 2.71. The molecule has 0 spiro atoms. The number of nitrogens with one attached hydrogen (secondary N) is 1. The molecule has 0 radical (unpaired) electrons. The predicted octanol–water partition coefficient (Wildman–Crippen LogP) is 3.05. The quantitative estimate of drug-likeness (QED) is 0.522. The van der Waals surface area contributed by atoms with E-state index < -0.39 is 24.4 Å². The molecule has 1 aromatic heterocycles. The number of hydrogen-bond donors (Lipinski definition) is 1. The van der Waals surface area contributed by atoms with Crippen LogP contribution in [0.4, 0.5) is 0 Å². The van der Waals surface area contributed by atoms with Gasteiger partial charge >= 0.3 is 5.97 Å². The van der Waals surface area contributed by atoms with Gasteiger partial charge in [0.15, 0.2) is 18.1 Å². The van der Waals surface area contributed by atoms with Crippen molar-refractivity contribution in [3.05, 3.63) is 46.2 Å². The molecular weight excluding hydrogens is 370 g/mol. The maximum atomic E-state index is 12.1. The second-order valence-electron chi connectivity index (χ2n) is 5.50. The molecule has 0 saturated heterocycles. The summed E-state index contributed by atoms with van der Waals surface area (Å²) in [7, 11) is 1.47. The molecule has 0 atom stereocenters. The number of amides is 2. The zero-order valence-electron chi connectivity index (χ0n) is 15.2. The lowest BCUT2D eigenvalue weighted by atomic mass is 10.2. The van der Waals surface area contributed by atoms with Crippen molar-refractivity contribution in [2.24, 2.45) is 0 Å². The second kappa shape index (κ2) is 10.3. The molecule has 0 unspecified atom stereocenters. The Kier molecular flexibility index (Phi) is 7.81. The number of unbranched alkanes of at least 4 members (excludes halogenated alkanes) is 1. The van der Waals surface area contributed by atoms with Gasteiger partial charge in [0.05, 0.1) is 24.2 Å². The predicted molar refractivity (Wildman–Crippen MR) is 100 cm³/mol. The van der Waals surface area contributed by atoms with E-state index in [2.05, 4.69) is 12.2 Å². The van der Waals surface area contributed by atoms with Gasteiger partial charge in [-0.15, -0.1) is 11.3 Å². The van der Waals surface area contributed by atoms with E-state index in [0.29, 0.717) is 23.0 Å². The third-order valence-corrected chi connectivity index (χ3v) is 4.36. The number of imide groups is 1. The summed E-state index contributed by atoms with van der Waals surface area (Å²) in [4.78, 5) is 36.0. The average molecular weight is 391 g/mol. The molecule has 8 heteroatoms. The van der Waals surface area contributed by atoms with Gasteiger partial charge in [-0.1, -0.05) is 19.4 Å². The van der Waals surface area contributed by atoms with Crippen LogP contribution in [0.3, 0.4) is 0 Å². The number of ether oxygens (including phenoxy) is 3. The topological polar surface area (TPSA) is 90.9 Å². The summed E-state index contributed by atoms with van der Waals surface area (Å²) in [5.74, 6) is -0.999. The molecule has 0 aliphatic heterocycles. The lowest BCUT2D eigenvalue weighted by Crippen LogP contribution is -2.33. The van der Waals surface area contributed by atoms with Gasteiger partial charge < -0.3 is 14.2 Å². The zero-order valence-corrected chi connectivity index (χ0v) is 16.0. The molecule has 0 aliphatic rings. The number of carbonyl (C=O) groups is 3. The van der Waals surface area contributed by atoms with Crippen molar-refractivity contribution >= 4 is 29.1 Å². The molecule has 2 amide bonds. The molecule has 1 heterocycles. The fourth-order valence-electron chi connectivity index (χ4n) is 2.09. The summed E-state index contributed by atoms with van der Waals surface area (Å²) in [6.07, 6.45) is 1.91. The Balaban J connectivity index is 1.89. The van der Waals surface area contributed by atoms with Crippen LogP contribution in [-0.2, 0) is 9.53 Å². The minimum absolute atomic E-state index is 0.215. The molecule has 7 nitrogen and oxygen atoms in total. The highest BCUT2D eigenvalue weighted by Gasteiger charge is 2.16. The Morgan fingerprint density at radius 2 is 1.96 bits per heavy atom. The first-order valence-corrected chi connectivity index (χ1v) is 9.28. The van der Waals surface area contributed by atoms with Crippen molar-refractivity contribution in [1.82, 2.24) is 5.32 Å². The number of benzene rings is 1. The van der Waals surface area contributed by atoms with Crippen LogP contribution in [0.15, 0.2) is 35.7 Å². The van der Waals surface area contributed by atoms with Crippen molar-refractivity contribution < 1.29 is 28.6 Å². The molecule has 1 N–H and O–H groups in total. The molecule has 2 rings (SSSR count). The summed E-state index contributed by atoms with van der Waals surface area (Å²) < 4.78 is 15.8. The largest absolute Gasteiger partial charge is 0.493 e. The van der Waals surface area contributed by atoms with Crippen LogP contribution in [-0.4, -0.2) is 38.1 Å². The molecule has 0 bridgehead atoms. The van der Waals surface area contributed by atoms with E-state index in [1.165, 1.54) is 30.6 Å². The van der Waals surface area contributed by atoms with E-state index >= 15 is 0 Å². The monoisotopic (exact) mass is 391 g/mol. The van der Waals surface area contributed by atoms with Gasteiger partial charge in [0.2, 0.25) is 0 Å². The lowest BCUT2D eigenvalue weighted by molar-refractivity contribution is -0.123. The van der Waals surface area contributed by atoms with Crippen LogP contribution in [0, 0.1) is 0 Å². The average Bonchev–Trinajstić information content (AvgIpc) is 3.21. The van der Waals surface area contributed by atoms with Crippen molar-refractivity contribution in [3.63, 3.8) is 0 Å². The van der Waals surface area contributed by atoms with Crippen molar-refractivity contribution in [3.8, 4) is 11.5 Å². The zero-order chi connectivity index (χ0) is 19.6. The van der Waals surface area contributed by atoms with Crippen LogP contribution in [0.1, 0.15) is 39.8 Å². The van der Waals surface area contributed by atoms with Crippen molar-refractivity contribution in [1.29, 1.82) is 0 Å². The Morgan fingerprint density at radius 1 is 1.15 bits per heavy atom. The Hall–Kier alpha value is -2.87. The SMILES string of the molecule is CCCCOc1ccc(C(=O)OCC(=O)NC(=O)c2cccs2)cc1OC. The number of esters is 1. The number of hydrogen-bond acceptors (Lipinski definition) is 7. The van der Waals surface area contributed by atoms with E-state index in [0.717, 1.165) is 12.8 Å². The van der Waals surface area contributed by atoms with Gasteiger partial charge in [0.1, 0.15) is 0 Å². The molecule has 1 aromatic carbocycles. The van der Waals surface area contributed by atoms with Crippen LogP contribution in [0.25, 0.3) is 0 Å². The first-order valence-electron chi connectivity index (χ1n) is 8.40. The maximum absolute atomic E-state index is 12.1. The normalized spacial score (nSPS) is 10.1. The van der Waals surface area contributed by atoms with Crippen LogP contribution in [0.2, 0.25) is 0 Å². The molecule has 144 valence electrons. The Morgan fingerprint density at radius 3 is 2.63 bits per heavy atom. The third-order valence-electron chi connectivity index (χ3n) is 3.49. The molecule has 27 heavy (non-hydrogen) atoms. The second-order valence-corrected chi connectivity index (χ2v) is 6.45. The number of rotatable bonds is 9. The lowest BCUT2D eigenvalue weighted by Gasteiger charge is -2.12. The molecule has 0 fully saturated rings. The molecule has 2 aromatic rings. The third kappa shape index (κ3) is 6.10. The fraction of sp³-hybridized carbons (Fsp3) is 0.316. The van der Waals surface area contributed by atoms with Crippen molar-refractivity contribution in [2.45, 2.75) is 19.8 Å². The van der Waals surface area contributed by atoms with E-state index in [1.54, 1.807) is 23.6 Å². The number of thiophene rings is 1. The van der Waals surface area contributed by atoms with Crippen LogP contribution < -0.4 is 14.8 Å². The maximum Gasteiger partial charge on any atom is 0.338 e.